The van der Waals surface area contributed by atoms with Crippen molar-refractivity contribution in [2.75, 3.05) is 6.54 Å². The van der Waals surface area contributed by atoms with E-state index in [0.29, 0.717) is 24.1 Å². The van der Waals surface area contributed by atoms with Gasteiger partial charge in [0.05, 0.1) is 0 Å². The zero-order valence-electron chi connectivity index (χ0n) is 12.6. The van der Waals surface area contributed by atoms with Crippen LogP contribution in [0.15, 0.2) is 24.3 Å². The molecule has 0 amide bonds. The molecule has 3 nitrogen and oxygen atoms in total. The summed E-state index contributed by atoms with van der Waals surface area (Å²) in [6.07, 6.45) is 4.84. The second-order valence-corrected chi connectivity index (χ2v) is 5.99. The van der Waals surface area contributed by atoms with Crippen molar-refractivity contribution in [1.82, 2.24) is 4.90 Å². The highest BCUT2D eigenvalue weighted by atomic mass is 19.1. The van der Waals surface area contributed by atoms with Gasteiger partial charge in [-0.2, -0.15) is 0 Å². The lowest BCUT2D eigenvalue weighted by atomic mass is 10.0. The zero-order chi connectivity index (χ0) is 15.4. The van der Waals surface area contributed by atoms with Gasteiger partial charge in [0.15, 0.2) is 0 Å². The van der Waals surface area contributed by atoms with Gasteiger partial charge in [0, 0.05) is 18.7 Å². The Balaban J connectivity index is 2.14. The molecule has 0 saturated carbocycles. The normalized spacial score (nSPS) is 19.7. The van der Waals surface area contributed by atoms with Crippen molar-refractivity contribution in [3.63, 3.8) is 0 Å². The Morgan fingerprint density at radius 2 is 2.24 bits per heavy atom. The van der Waals surface area contributed by atoms with Crippen LogP contribution in [0.25, 0.3) is 6.08 Å². The first-order valence-corrected chi connectivity index (χ1v) is 7.40. The molecular formula is C17H22FNO2. The minimum Gasteiger partial charge on any atom is -0.478 e. The molecule has 1 N–H and O–H groups in total. The second kappa shape index (κ2) is 6.85. The molecule has 0 aromatic heterocycles. The van der Waals surface area contributed by atoms with E-state index >= 15 is 0 Å². The standard InChI is InChI=1S/C17H22FNO2/c1-12(2)16-4-3-7-19(16)11-14-8-13(5-6-17(20)21)9-15(18)10-14/h5-6,8-10,12,16H,3-4,7,11H2,1-2H3,(H,20,21). The van der Waals surface area contributed by atoms with E-state index in [4.69, 9.17) is 5.11 Å². The van der Waals surface area contributed by atoms with Crippen LogP contribution in [0.4, 0.5) is 4.39 Å². The van der Waals surface area contributed by atoms with Gasteiger partial charge in [0.25, 0.3) is 0 Å². The van der Waals surface area contributed by atoms with E-state index in [0.717, 1.165) is 18.2 Å². The Hall–Kier alpha value is -1.68. The van der Waals surface area contributed by atoms with Gasteiger partial charge in [-0.25, -0.2) is 9.18 Å². The van der Waals surface area contributed by atoms with Crippen molar-refractivity contribution in [2.24, 2.45) is 5.92 Å². The van der Waals surface area contributed by atoms with E-state index in [1.165, 1.54) is 31.1 Å². The third kappa shape index (κ3) is 4.39. The average molecular weight is 291 g/mol. The molecule has 1 aromatic carbocycles. The predicted molar refractivity (Wildman–Crippen MR) is 81.3 cm³/mol. The van der Waals surface area contributed by atoms with E-state index in [9.17, 15) is 9.18 Å². The molecule has 0 radical (unpaired) electrons. The molecule has 4 heteroatoms. The lowest BCUT2D eigenvalue weighted by molar-refractivity contribution is -0.131. The molecule has 114 valence electrons. The Bertz CT molecular complexity index is 540. The van der Waals surface area contributed by atoms with Gasteiger partial charge >= 0.3 is 5.97 Å². The van der Waals surface area contributed by atoms with Gasteiger partial charge in [0.2, 0.25) is 0 Å². The molecule has 0 spiro atoms. The molecule has 1 saturated heterocycles. The Kier molecular flexibility index (Phi) is 5.12. The molecule has 0 aliphatic carbocycles. The second-order valence-electron chi connectivity index (χ2n) is 5.99. The van der Waals surface area contributed by atoms with Crippen molar-refractivity contribution in [3.8, 4) is 0 Å². The van der Waals surface area contributed by atoms with Crippen LogP contribution in [0.1, 0.15) is 37.8 Å². The first kappa shape index (κ1) is 15.7. The fourth-order valence-electron chi connectivity index (χ4n) is 3.07. The molecule has 1 atom stereocenters. The quantitative estimate of drug-likeness (QED) is 0.844. The third-order valence-electron chi connectivity index (χ3n) is 3.97. The summed E-state index contributed by atoms with van der Waals surface area (Å²) < 4.78 is 13.7. The molecule has 1 aromatic rings. The topological polar surface area (TPSA) is 40.5 Å². The van der Waals surface area contributed by atoms with E-state index < -0.39 is 5.97 Å². The maximum Gasteiger partial charge on any atom is 0.328 e. The van der Waals surface area contributed by atoms with Crippen LogP contribution in [-0.4, -0.2) is 28.6 Å². The van der Waals surface area contributed by atoms with E-state index in [1.54, 1.807) is 0 Å². The van der Waals surface area contributed by atoms with Gasteiger partial charge in [0.1, 0.15) is 5.82 Å². The highest BCUT2D eigenvalue weighted by Gasteiger charge is 2.26. The van der Waals surface area contributed by atoms with Crippen LogP contribution >= 0.6 is 0 Å². The molecule has 0 bridgehead atoms. The number of halogens is 1. The van der Waals surface area contributed by atoms with Crippen LogP contribution in [0.2, 0.25) is 0 Å². The lowest BCUT2D eigenvalue weighted by Gasteiger charge is -2.27. The van der Waals surface area contributed by atoms with Crippen molar-refractivity contribution in [2.45, 2.75) is 39.3 Å². The highest BCUT2D eigenvalue weighted by Crippen LogP contribution is 2.26. The van der Waals surface area contributed by atoms with Crippen LogP contribution in [0.5, 0.6) is 0 Å². The summed E-state index contributed by atoms with van der Waals surface area (Å²) in [4.78, 5) is 12.9. The Labute approximate surface area is 125 Å². The predicted octanol–water partition coefficient (Wildman–Crippen LogP) is 3.54. The van der Waals surface area contributed by atoms with Crippen molar-refractivity contribution >= 4 is 12.0 Å². The third-order valence-corrected chi connectivity index (χ3v) is 3.97. The van der Waals surface area contributed by atoms with Gasteiger partial charge < -0.3 is 5.11 Å². The number of carboxylic acids is 1. The number of carboxylic acid groups (broad SMARTS) is 1. The fraction of sp³-hybridized carbons (Fsp3) is 0.471. The van der Waals surface area contributed by atoms with Crippen LogP contribution in [-0.2, 0) is 11.3 Å². The van der Waals surface area contributed by atoms with Crippen molar-refractivity contribution < 1.29 is 14.3 Å². The van der Waals surface area contributed by atoms with Gasteiger partial charge in [-0.15, -0.1) is 0 Å². The summed E-state index contributed by atoms with van der Waals surface area (Å²) >= 11 is 0. The number of carbonyl (C=O) groups is 1. The maximum atomic E-state index is 13.7. The molecular weight excluding hydrogens is 269 g/mol. The first-order chi connectivity index (χ1) is 9.95. The minimum absolute atomic E-state index is 0.321. The summed E-state index contributed by atoms with van der Waals surface area (Å²) in [5, 5.41) is 8.65. The fourth-order valence-corrected chi connectivity index (χ4v) is 3.07. The molecule has 1 aliphatic rings. The average Bonchev–Trinajstić information content (AvgIpc) is 2.84. The Morgan fingerprint density at radius 1 is 1.48 bits per heavy atom. The van der Waals surface area contributed by atoms with E-state index in [2.05, 4.69) is 18.7 Å². The van der Waals surface area contributed by atoms with Crippen molar-refractivity contribution in [3.05, 3.63) is 41.2 Å². The number of hydrogen-bond donors (Lipinski definition) is 1. The van der Waals surface area contributed by atoms with Crippen LogP contribution < -0.4 is 0 Å². The van der Waals surface area contributed by atoms with Gasteiger partial charge in [-0.3, -0.25) is 4.90 Å². The van der Waals surface area contributed by atoms with Crippen LogP contribution in [0, 0.1) is 11.7 Å². The molecule has 1 unspecified atom stereocenters. The van der Waals surface area contributed by atoms with E-state index in [1.807, 2.05) is 6.07 Å². The first-order valence-electron chi connectivity index (χ1n) is 7.40. The van der Waals surface area contributed by atoms with E-state index in [-0.39, 0.29) is 5.82 Å². The molecule has 1 fully saturated rings. The summed E-state index contributed by atoms with van der Waals surface area (Å²) in [5.41, 5.74) is 1.49. The molecule has 21 heavy (non-hydrogen) atoms. The number of hydrogen-bond acceptors (Lipinski definition) is 2. The number of nitrogens with zero attached hydrogens (tertiary/aromatic N) is 1. The SMILES string of the molecule is CC(C)C1CCCN1Cc1cc(F)cc(C=CC(=O)O)c1. The summed E-state index contributed by atoms with van der Waals surface area (Å²) in [6, 6.07) is 5.30. The number of benzene rings is 1. The van der Waals surface area contributed by atoms with Gasteiger partial charge in [-0.05, 0) is 54.6 Å². The number of likely N-dealkylation sites (tertiary alicyclic amines) is 1. The van der Waals surface area contributed by atoms with Crippen molar-refractivity contribution in [1.29, 1.82) is 0 Å². The molecule has 2 rings (SSSR count). The minimum atomic E-state index is -1.03. The summed E-state index contributed by atoms with van der Waals surface area (Å²) in [6.45, 7) is 6.19. The summed E-state index contributed by atoms with van der Waals surface area (Å²) in [5.74, 6) is -0.759. The summed E-state index contributed by atoms with van der Waals surface area (Å²) in [7, 11) is 0. The maximum absolute atomic E-state index is 13.7. The highest BCUT2D eigenvalue weighted by molar-refractivity contribution is 5.85. The molecule has 1 aliphatic heterocycles. The van der Waals surface area contributed by atoms with Crippen LogP contribution in [0.3, 0.4) is 0 Å². The monoisotopic (exact) mass is 291 g/mol. The Morgan fingerprint density at radius 3 is 2.90 bits per heavy atom. The smallest absolute Gasteiger partial charge is 0.328 e. The number of rotatable bonds is 5. The lowest BCUT2D eigenvalue weighted by Crippen LogP contribution is -2.32. The van der Waals surface area contributed by atoms with Gasteiger partial charge in [-0.1, -0.05) is 19.9 Å². The molecule has 1 heterocycles. The number of aliphatic carboxylic acids is 1. The zero-order valence-corrected chi connectivity index (χ0v) is 12.6. The largest absolute Gasteiger partial charge is 0.478 e.